The van der Waals surface area contributed by atoms with Crippen LogP contribution in [0.3, 0.4) is 0 Å². The summed E-state index contributed by atoms with van der Waals surface area (Å²) in [5.41, 5.74) is -1.02. The number of alkyl halides is 3. The van der Waals surface area contributed by atoms with Crippen molar-refractivity contribution in [2.75, 3.05) is 23.3 Å². The Morgan fingerprint density at radius 2 is 2.08 bits per heavy atom. The fraction of sp³-hybridized carbons (Fsp3) is 0.438. The lowest BCUT2D eigenvalue weighted by atomic mass is 9.94. The molecular weight excluding hydrogens is 351 g/mol. The number of rotatable bonds is 2. The zero-order chi connectivity index (χ0) is 18.7. The van der Waals surface area contributed by atoms with E-state index in [0.717, 1.165) is 6.07 Å². The van der Waals surface area contributed by atoms with Crippen LogP contribution in [0.4, 0.5) is 24.5 Å². The number of nitrogens with zero attached hydrogens (tertiary/aromatic N) is 3. The monoisotopic (exact) mass is 367 g/mol. The highest BCUT2D eigenvalue weighted by molar-refractivity contribution is 5.89. The molecule has 7 nitrogen and oxygen atoms in total. The Hall–Kier alpha value is -2.62. The predicted octanol–water partition coefficient (Wildman–Crippen LogP) is 2.86. The number of halogens is 3. The molecule has 0 unspecified atom stereocenters. The third kappa shape index (κ3) is 2.61. The molecule has 0 radical (unpaired) electrons. The van der Waals surface area contributed by atoms with Gasteiger partial charge in [0.15, 0.2) is 11.6 Å². The Morgan fingerprint density at radius 3 is 2.69 bits per heavy atom. The van der Waals surface area contributed by atoms with Crippen LogP contribution in [0.25, 0.3) is 0 Å². The molecule has 0 aromatic heterocycles. The standard InChI is InChI=1S/C16H16F3N5O2/c1-8-14(25)23-22-13-5-26-12-3-9(16(17,18)19)10(4-11(12)24(8)13)21-15(2)6-20-7-15/h3-5,8,20-21H,6-7H2,1-2H3/t8-/m1/s1. The van der Waals surface area contributed by atoms with Crippen LogP contribution in [-0.4, -0.2) is 30.6 Å². The van der Waals surface area contributed by atoms with E-state index >= 15 is 0 Å². The van der Waals surface area contributed by atoms with Gasteiger partial charge in [-0.1, -0.05) is 0 Å². The fourth-order valence-electron chi connectivity index (χ4n) is 3.17. The molecular formula is C16H16F3N5O2. The van der Waals surface area contributed by atoms with Gasteiger partial charge in [-0.15, -0.1) is 10.2 Å². The van der Waals surface area contributed by atoms with Gasteiger partial charge in [0.1, 0.15) is 12.3 Å². The second kappa shape index (κ2) is 5.44. The Bertz CT molecular complexity index is 845. The summed E-state index contributed by atoms with van der Waals surface area (Å²) < 4.78 is 46.0. The van der Waals surface area contributed by atoms with Crippen LogP contribution in [0.15, 0.2) is 34.4 Å². The van der Waals surface area contributed by atoms with E-state index in [2.05, 4.69) is 20.9 Å². The highest BCUT2D eigenvalue weighted by Crippen LogP contribution is 2.46. The molecule has 0 spiro atoms. The second-order valence-corrected chi connectivity index (χ2v) is 6.83. The molecule has 10 heteroatoms. The van der Waals surface area contributed by atoms with E-state index in [1.165, 1.54) is 17.2 Å². The van der Waals surface area contributed by atoms with Crippen molar-refractivity contribution in [1.29, 1.82) is 0 Å². The first-order chi connectivity index (χ1) is 12.2. The van der Waals surface area contributed by atoms with Crippen molar-refractivity contribution < 1.29 is 22.7 Å². The van der Waals surface area contributed by atoms with Crippen LogP contribution in [0, 0.1) is 0 Å². The van der Waals surface area contributed by atoms with Gasteiger partial charge in [-0.05, 0) is 26.0 Å². The van der Waals surface area contributed by atoms with Crippen molar-refractivity contribution in [3.05, 3.63) is 29.8 Å². The number of azo groups is 1. The number of ether oxygens (including phenoxy) is 1. The normalized spacial score (nSPS) is 23.4. The largest absolute Gasteiger partial charge is 0.459 e. The summed E-state index contributed by atoms with van der Waals surface area (Å²) in [6.07, 6.45) is -3.36. The molecule has 1 aromatic rings. The number of amides is 1. The van der Waals surface area contributed by atoms with E-state index in [1.54, 1.807) is 6.92 Å². The molecule has 1 amide bonds. The maximum absolute atomic E-state index is 13.6. The van der Waals surface area contributed by atoms with Crippen LogP contribution >= 0.6 is 0 Å². The van der Waals surface area contributed by atoms with Gasteiger partial charge < -0.3 is 20.3 Å². The SMILES string of the molecule is C[C@@H]1C(=O)N=NC2=COc3cc(C(F)(F)F)c(NC4(C)CNC4)cc3N21. The molecule has 3 heterocycles. The van der Waals surface area contributed by atoms with E-state index in [9.17, 15) is 18.0 Å². The number of fused-ring (bicyclic) bond motifs is 3. The van der Waals surface area contributed by atoms with Gasteiger partial charge in [-0.3, -0.25) is 4.79 Å². The molecule has 3 aliphatic rings. The Balaban J connectivity index is 1.83. The van der Waals surface area contributed by atoms with Gasteiger partial charge >= 0.3 is 6.18 Å². The number of nitrogens with one attached hydrogen (secondary N) is 2. The van der Waals surface area contributed by atoms with E-state index in [1.807, 2.05) is 6.92 Å². The molecule has 0 aliphatic carbocycles. The van der Waals surface area contributed by atoms with E-state index in [0.29, 0.717) is 18.8 Å². The van der Waals surface area contributed by atoms with Crippen molar-refractivity contribution >= 4 is 17.3 Å². The van der Waals surface area contributed by atoms with Crippen LogP contribution in [0.2, 0.25) is 0 Å². The average molecular weight is 367 g/mol. The van der Waals surface area contributed by atoms with E-state index in [-0.39, 0.29) is 17.3 Å². The lowest BCUT2D eigenvalue weighted by Gasteiger charge is -2.42. The third-order valence-electron chi connectivity index (χ3n) is 4.66. The first-order valence-electron chi connectivity index (χ1n) is 8.04. The van der Waals surface area contributed by atoms with E-state index in [4.69, 9.17) is 4.74 Å². The molecule has 138 valence electrons. The van der Waals surface area contributed by atoms with Crippen LogP contribution in [-0.2, 0) is 11.0 Å². The summed E-state index contributed by atoms with van der Waals surface area (Å²) in [5, 5.41) is 13.3. The van der Waals surface area contributed by atoms with Crippen molar-refractivity contribution in [3.8, 4) is 5.75 Å². The topological polar surface area (TPSA) is 78.3 Å². The van der Waals surface area contributed by atoms with Gasteiger partial charge in [0.05, 0.1) is 16.8 Å². The van der Waals surface area contributed by atoms with Gasteiger partial charge in [-0.25, -0.2) is 0 Å². The lowest BCUT2D eigenvalue weighted by Crippen LogP contribution is -2.62. The molecule has 1 aromatic carbocycles. The van der Waals surface area contributed by atoms with Crippen LogP contribution < -0.4 is 20.3 Å². The minimum absolute atomic E-state index is 0.0141. The average Bonchev–Trinajstić information content (AvgIpc) is 2.54. The summed E-state index contributed by atoms with van der Waals surface area (Å²) in [6, 6.07) is 1.62. The summed E-state index contributed by atoms with van der Waals surface area (Å²) >= 11 is 0. The Labute approximate surface area is 146 Å². The maximum atomic E-state index is 13.6. The summed E-state index contributed by atoms with van der Waals surface area (Å²) in [6.45, 7) is 4.56. The molecule has 1 atom stereocenters. The molecule has 1 saturated heterocycles. The molecule has 26 heavy (non-hydrogen) atoms. The van der Waals surface area contributed by atoms with Gasteiger partial charge in [0, 0.05) is 18.8 Å². The lowest BCUT2D eigenvalue weighted by molar-refractivity contribution is -0.137. The van der Waals surface area contributed by atoms with E-state index < -0.39 is 29.2 Å². The van der Waals surface area contributed by atoms with Gasteiger partial charge in [0.2, 0.25) is 0 Å². The Morgan fingerprint density at radius 1 is 1.35 bits per heavy atom. The molecule has 3 aliphatic heterocycles. The summed E-state index contributed by atoms with van der Waals surface area (Å²) in [7, 11) is 0. The van der Waals surface area contributed by atoms with Crippen molar-refractivity contribution in [2.45, 2.75) is 31.6 Å². The molecule has 1 fully saturated rings. The fourth-order valence-corrected chi connectivity index (χ4v) is 3.17. The van der Waals surface area contributed by atoms with Crippen LogP contribution in [0.5, 0.6) is 5.75 Å². The number of anilines is 2. The number of carbonyl (C=O) groups is 1. The number of benzene rings is 1. The first-order valence-corrected chi connectivity index (χ1v) is 8.04. The van der Waals surface area contributed by atoms with Gasteiger partial charge in [-0.2, -0.15) is 13.2 Å². The Kier molecular flexibility index (Phi) is 3.52. The molecule has 2 N–H and O–H groups in total. The smallest absolute Gasteiger partial charge is 0.418 e. The summed E-state index contributed by atoms with van der Waals surface area (Å²) in [5.74, 6) is -0.188. The second-order valence-electron chi connectivity index (χ2n) is 6.83. The van der Waals surface area contributed by atoms with Gasteiger partial charge in [0.25, 0.3) is 5.91 Å². The number of hydrogen-bond donors (Lipinski definition) is 2. The zero-order valence-corrected chi connectivity index (χ0v) is 14.0. The van der Waals surface area contributed by atoms with Crippen molar-refractivity contribution in [1.82, 2.24) is 5.32 Å². The number of hydrogen-bond acceptors (Lipinski definition) is 6. The third-order valence-corrected chi connectivity index (χ3v) is 4.66. The van der Waals surface area contributed by atoms with Crippen LogP contribution in [0.1, 0.15) is 19.4 Å². The molecule has 0 bridgehead atoms. The van der Waals surface area contributed by atoms with Crippen molar-refractivity contribution in [3.63, 3.8) is 0 Å². The quantitative estimate of drug-likeness (QED) is 0.841. The highest BCUT2D eigenvalue weighted by atomic mass is 19.4. The number of carbonyl (C=O) groups excluding carboxylic acids is 1. The minimum atomic E-state index is -4.55. The first kappa shape index (κ1) is 16.8. The highest BCUT2D eigenvalue weighted by Gasteiger charge is 2.41. The summed E-state index contributed by atoms with van der Waals surface area (Å²) in [4.78, 5) is 13.4. The maximum Gasteiger partial charge on any atom is 0.418 e. The molecule has 4 rings (SSSR count). The molecule has 0 saturated carbocycles. The minimum Gasteiger partial charge on any atom is -0.459 e. The predicted molar refractivity (Wildman–Crippen MR) is 86.9 cm³/mol. The van der Waals surface area contributed by atoms with Crippen molar-refractivity contribution in [2.24, 2.45) is 10.2 Å². The zero-order valence-electron chi connectivity index (χ0n) is 14.0.